The minimum atomic E-state index is -3.55. The monoisotopic (exact) mass is 439 g/mol. The molecule has 1 aromatic heterocycles. The number of anilines is 1. The number of benzene rings is 2. The molecule has 0 radical (unpaired) electrons. The molecule has 0 amide bonds. The second kappa shape index (κ2) is 9.21. The summed E-state index contributed by atoms with van der Waals surface area (Å²) in [5, 5.41) is 0. The highest BCUT2D eigenvalue weighted by Gasteiger charge is 2.34. The van der Waals surface area contributed by atoms with E-state index in [-0.39, 0.29) is 6.04 Å². The van der Waals surface area contributed by atoms with E-state index < -0.39 is 10.2 Å². The molecule has 1 unspecified atom stereocenters. The second-order valence-corrected chi connectivity index (χ2v) is 10.2. The van der Waals surface area contributed by atoms with Gasteiger partial charge in [0.1, 0.15) is 0 Å². The molecule has 0 saturated carbocycles. The molecule has 1 aliphatic heterocycles. The third-order valence-corrected chi connectivity index (χ3v) is 7.65. The van der Waals surface area contributed by atoms with Crippen molar-refractivity contribution in [2.75, 3.05) is 25.5 Å². The van der Waals surface area contributed by atoms with Gasteiger partial charge in [0, 0.05) is 45.1 Å². The summed E-state index contributed by atoms with van der Waals surface area (Å²) in [5.74, 6) is 0. The van der Waals surface area contributed by atoms with Gasteiger partial charge in [0.25, 0.3) is 10.2 Å². The fourth-order valence-electron chi connectivity index (χ4n) is 4.11. The van der Waals surface area contributed by atoms with Gasteiger partial charge in [-0.2, -0.15) is 17.0 Å². The van der Waals surface area contributed by atoms with E-state index in [0.29, 0.717) is 19.6 Å². The summed E-state index contributed by atoms with van der Waals surface area (Å²) in [6, 6.07) is 18.5. The Labute approximate surface area is 184 Å². The third-order valence-electron chi connectivity index (χ3n) is 5.80. The molecule has 164 valence electrons. The van der Waals surface area contributed by atoms with Crippen molar-refractivity contribution >= 4 is 15.9 Å². The van der Waals surface area contributed by atoms with E-state index in [1.165, 1.54) is 9.87 Å². The number of hydrogen-bond donors (Lipinski definition) is 1. The predicted molar refractivity (Wildman–Crippen MR) is 123 cm³/mol. The molecule has 3 aromatic rings. The summed E-state index contributed by atoms with van der Waals surface area (Å²) in [7, 11) is -0.366. The lowest BCUT2D eigenvalue weighted by atomic mass is 10.0. The molecule has 0 fully saturated rings. The molecule has 0 saturated heterocycles. The molecule has 0 bridgehead atoms. The summed E-state index contributed by atoms with van der Waals surface area (Å²) >= 11 is 0. The van der Waals surface area contributed by atoms with Crippen LogP contribution in [0.1, 0.15) is 23.2 Å². The smallest absolute Gasteiger partial charge is 0.281 e. The molecule has 1 atom stereocenters. The first-order valence-electron chi connectivity index (χ1n) is 10.5. The van der Waals surface area contributed by atoms with Gasteiger partial charge < -0.3 is 9.88 Å². The van der Waals surface area contributed by atoms with Gasteiger partial charge in [0.15, 0.2) is 0 Å². The number of aryl methyl sites for hydroxylation is 1. The highest BCUT2D eigenvalue weighted by Crippen LogP contribution is 2.32. The fourth-order valence-corrected chi connectivity index (χ4v) is 5.23. The van der Waals surface area contributed by atoms with Crippen LogP contribution < -0.4 is 4.90 Å². The molecule has 0 spiro atoms. The Bertz CT molecular complexity index is 1080. The highest BCUT2D eigenvalue weighted by atomic mass is 32.2. The zero-order chi connectivity index (χ0) is 21.8. The van der Waals surface area contributed by atoms with E-state index >= 15 is 0 Å². The Kier molecular flexibility index (Phi) is 6.41. The van der Waals surface area contributed by atoms with E-state index in [0.717, 1.165) is 29.8 Å². The van der Waals surface area contributed by atoms with E-state index in [4.69, 9.17) is 0 Å². The Morgan fingerprint density at radius 3 is 2.55 bits per heavy atom. The molecule has 0 aliphatic carbocycles. The van der Waals surface area contributed by atoms with Crippen LogP contribution in [-0.4, -0.2) is 53.7 Å². The molecular weight excluding hydrogens is 410 g/mol. The standard InChI is InChI=1S/C23H29N5O2S/c1-26(2)31(29,30)27-15-20-10-6-7-11-23(20)28(16-21-14-24-18-25-21)22(17-27)13-12-19-8-4-3-5-9-19/h3-11,14,18,22H,12-13,15-17H2,1-2H3,(H,24,25). The maximum atomic E-state index is 13.1. The van der Waals surface area contributed by atoms with Gasteiger partial charge in [0.2, 0.25) is 0 Å². The topological polar surface area (TPSA) is 72.5 Å². The molecular formula is C23H29N5O2S. The maximum Gasteiger partial charge on any atom is 0.281 e. The summed E-state index contributed by atoms with van der Waals surface area (Å²) in [6.07, 6.45) is 5.23. The van der Waals surface area contributed by atoms with Crippen molar-refractivity contribution < 1.29 is 8.42 Å². The number of imidazole rings is 1. The van der Waals surface area contributed by atoms with Crippen LogP contribution in [0, 0.1) is 0 Å². The lowest BCUT2D eigenvalue weighted by molar-refractivity contribution is 0.345. The van der Waals surface area contributed by atoms with Crippen LogP contribution in [0.4, 0.5) is 5.69 Å². The van der Waals surface area contributed by atoms with E-state index in [2.05, 4.69) is 33.1 Å². The van der Waals surface area contributed by atoms with E-state index in [1.54, 1.807) is 24.7 Å². The number of para-hydroxylation sites is 1. The van der Waals surface area contributed by atoms with Crippen LogP contribution in [0.2, 0.25) is 0 Å². The lowest BCUT2D eigenvalue weighted by Crippen LogP contribution is -2.46. The molecule has 4 rings (SSSR count). The minimum Gasteiger partial charge on any atom is -0.361 e. The Morgan fingerprint density at radius 1 is 1.10 bits per heavy atom. The van der Waals surface area contributed by atoms with Crippen molar-refractivity contribution in [1.82, 2.24) is 18.6 Å². The average Bonchev–Trinajstić information content (AvgIpc) is 3.23. The van der Waals surface area contributed by atoms with Gasteiger partial charge in [-0.15, -0.1) is 0 Å². The zero-order valence-corrected chi connectivity index (χ0v) is 18.8. The molecule has 1 N–H and O–H groups in total. The van der Waals surface area contributed by atoms with Crippen molar-refractivity contribution in [2.45, 2.75) is 32.0 Å². The number of nitrogens with zero attached hydrogens (tertiary/aromatic N) is 4. The zero-order valence-electron chi connectivity index (χ0n) is 18.0. The number of aromatic amines is 1. The van der Waals surface area contributed by atoms with Crippen LogP contribution in [0.3, 0.4) is 0 Å². The van der Waals surface area contributed by atoms with E-state index in [9.17, 15) is 8.42 Å². The van der Waals surface area contributed by atoms with Gasteiger partial charge in [0.05, 0.1) is 18.6 Å². The first-order valence-corrected chi connectivity index (χ1v) is 11.9. The third kappa shape index (κ3) is 4.81. The normalized spacial score (nSPS) is 17.5. The number of fused-ring (bicyclic) bond motifs is 1. The highest BCUT2D eigenvalue weighted by molar-refractivity contribution is 7.86. The number of H-pyrrole nitrogens is 1. The van der Waals surface area contributed by atoms with Gasteiger partial charge in [-0.3, -0.25) is 0 Å². The van der Waals surface area contributed by atoms with Crippen LogP contribution in [0.15, 0.2) is 67.1 Å². The van der Waals surface area contributed by atoms with E-state index in [1.807, 2.05) is 42.6 Å². The molecule has 2 aromatic carbocycles. The minimum absolute atomic E-state index is 0.0156. The van der Waals surface area contributed by atoms with Crippen molar-refractivity contribution in [3.05, 3.63) is 83.9 Å². The number of hydrogen-bond acceptors (Lipinski definition) is 4. The largest absolute Gasteiger partial charge is 0.361 e. The van der Waals surface area contributed by atoms with Crippen LogP contribution >= 0.6 is 0 Å². The van der Waals surface area contributed by atoms with Crippen molar-refractivity contribution in [3.8, 4) is 0 Å². The van der Waals surface area contributed by atoms with Crippen LogP contribution in [0.25, 0.3) is 0 Å². The van der Waals surface area contributed by atoms with Crippen molar-refractivity contribution in [1.29, 1.82) is 0 Å². The molecule has 1 aliphatic rings. The first kappa shape index (κ1) is 21.5. The molecule has 7 nitrogen and oxygen atoms in total. The van der Waals surface area contributed by atoms with Crippen molar-refractivity contribution in [2.24, 2.45) is 0 Å². The summed E-state index contributed by atoms with van der Waals surface area (Å²) in [6.45, 7) is 1.43. The summed E-state index contributed by atoms with van der Waals surface area (Å²) in [4.78, 5) is 9.70. The number of rotatable bonds is 7. The average molecular weight is 440 g/mol. The number of aromatic nitrogens is 2. The Hall–Kier alpha value is -2.68. The first-order chi connectivity index (χ1) is 14.9. The maximum absolute atomic E-state index is 13.1. The number of nitrogens with one attached hydrogen (secondary N) is 1. The lowest BCUT2D eigenvalue weighted by Gasteiger charge is -2.34. The predicted octanol–water partition coefficient (Wildman–Crippen LogP) is 3.04. The Balaban J connectivity index is 1.72. The van der Waals surface area contributed by atoms with Gasteiger partial charge in [-0.1, -0.05) is 48.5 Å². The fraction of sp³-hybridized carbons (Fsp3) is 0.348. The Morgan fingerprint density at radius 2 is 1.84 bits per heavy atom. The molecule has 31 heavy (non-hydrogen) atoms. The summed E-state index contributed by atoms with van der Waals surface area (Å²) < 4.78 is 29.1. The van der Waals surface area contributed by atoms with Gasteiger partial charge in [-0.25, -0.2) is 4.98 Å². The van der Waals surface area contributed by atoms with Crippen LogP contribution in [-0.2, 0) is 29.7 Å². The summed E-state index contributed by atoms with van der Waals surface area (Å²) in [5.41, 5.74) is 4.34. The quantitative estimate of drug-likeness (QED) is 0.614. The van der Waals surface area contributed by atoms with Crippen molar-refractivity contribution in [3.63, 3.8) is 0 Å². The van der Waals surface area contributed by atoms with Gasteiger partial charge in [-0.05, 0) is 30.0 Å². The molecule has 8 heteroatoms. The van der Waals surface area contributed by atoms with Gasteiger partial charge >= 0.3 is 0 Å². The SMILES string of the molecule is CN(C)S(=O)(=O)N1Cc2ccccc2N(Cc2cnc[nH]2)C(CCc2ccccc2)C1. The second-order valence-electron chi connectivity index (χ2n) is 8.09. The molecule has 2 heterocycles. The van der Waals surface area contributed by atoms with Crippen LogP contribution in [0.5, 0.6) is 0 Å².